The Balaban J connectivity index is 1.23. The van der Waals surface area contributed by atoms with Gasteiger partial charge in [-0.15, -0.1) is 0 Å². The van der Waals surface area contributed by atoms with Gasteiger partial charge in [0.2, 0.25) is 0 Å². The number of ether oxygens (including phenoxy) is 1. The Hall–Kier alpha value is -2.37. The van der Waals surface area contributed by atoms with Crippen molar-refractivity contribution in [3.05, 3.63) is 69.5 Å². The molecule has 1 aromatic heterocycles. The average molecular weight is 480 g/mol. The van der Waals surface area contributed by atoms with E-state index >= 15 is 0 Å². The zero-order valence-corrected chi connectivity index (χ0v) is 20.7. The van der Waals surface area contributed by atoms with Gasteiger partial charge in [0.15, 0.2) is 0 Å². The molecule has 180 valence electrons. The van der Waals surface area contributed by atoms with E-state index in [9.17, 15) is 4.79 Å². The minimum absolute atomic E-state index is 0.170. The van der Waals surface area contributed by atoms with Crippen molar-refractivity contribution in [3.8, 4) is 0 Å². The number of carbonyl (C=O) groups excluding carboxylic acids is 1. The Kier molecular flexibility index (Phi) is 7.51. The van der Waals surface area contributed by atoms with Crippen LogP contribution >= 0.6 is 11.6 Å². The molecule has 2 fully saturated rings. The van der Waals surface area contributed by atoms with Crippen molar-refractivity contribution in [2.45, 2.75) is 51.4 Å². The van der Waals surface area contributed by atoms with Gasteiger partial charge >= 0.3 is 6.09 Å². The van der Waals surface area contributed by atoms with Crippen LogP contribution in [0.25, 0.3) is 5.57 Å². The lowest BCUT2D eigenvalue weighted by Crippen LogP contribution is -2.37. The Bertz CT molecular complexity index is 1050. The fourth-order valence-corrected chi connectivity index (χ4v) is 5.73. The van der Waals surface area contributed by atoms with Crippen molar-refractivity contribution < 1.29 is 9.53 Å². The average Bonchev–Trinajstić information content (AvgIpc) is 3.32. The number of benzene rings is 1. The summed E-state index contributed by atoms with van der Waals surface area (Å²) >= 11 is 6.33. The number of aromatic nitrogens is 1. The number of rotatable bonds is 5. The molecule has 0 N–H and O–H groups in total. The van der Waals surface area contributed by atoms with Crippen molar-refractivity contribution in [1.29, 1.82) is 0 Å². The van der Waals surface area contributed by atoms with Crippen molar-refractivity contribution >= 4 is 23.3 Å². The van der Waals surface area contributed by atoms with Crippen LogP contribution in [0.5, 0.6) is 0 Å². The summed E-state index contributed by atoms with van der Waals surface area (Å²) in [4.78, 5) is 21.8. The van der Waals surface area contributed by atoms with E-state index in [1.54, 1.807) is 0 Å². The molecule has 0 radical (unpaired) electrons. The van der Waals surface area contributed by atoms with Crippen molar-refractivity contribution in [2.75, 3.05) is 39.3 Å². The highest BCUT2D eigenvalue weighted by atomic mass is 35.5. The van der Waals surface area contributed by atoms with E-state index in [0.717, 1.165) is 55.8 Å². The second-order valence-corrected chi connectivity index (χ2v) is 10.1. The number of piperidine rings is 1. The molecule has 1 aromatic carbocycles. The molecule has 0 unspecified atom stereocenters. The lowest BCUT2D eigenvalue weighted by atomic mass is 9.88. The van der Waals surface area contributed by atoms with Crippen LogP contribution in [0.1, 0.15) is 60.9 Å². The number of unbranched alkanes of at least 4 members (excludes halogenated alkanes) is 1. The van der Waals surface area contributed by atoms with E-state index < -0.39 is 0 Å². The molecule has 0 saturated carbocycles. The van der Waals surface area contributed by atoms with Gasteiger partial charge in [0.1, 0.15) is 0 Å². The number of pyridine rings is 1. The Morgan fingerprint density at radius 1 is 0.971 bits per heavy atom. The number of likely N-dealkylation sites (tertiary alicyclic amines) is 2. The molecule has 1 aliphatic carbocycles. The topological polar surface area (TPSA) is 45.7 Å². The molecular weight excluding hydrogens is 446 g/mol. The van der Waals surface area contributed by atoms with Gasteiger partial charge in [-0.25, -0.2) is 4.79 Å². The standard InChI is InChI=1S/C28H34ClN3O2/c29-24-9-10-25-23(20-24)8-7-22-6-5-13-30-27(22)26(25)21-11-17-32(18-12-21)28(33)34-19-4-3-16-31-14-1-2-15-31/h5-6,9-10,13,20H,1-4,7-8,11-12,14-19H2. The summed E-state index contributed by atoms with van der Waals surface area (Å²) in [6, 6.07) is 10.4. The molecule has 0 bridgehead atoms. The van der Waals surface area contributed by atoms with Gasteiger partial charge in [0.25, 0.3) is 0 Å². The third kappa shape index (κ3) is 5.31. The molecule has 6 heteroatoms. The molecule has 0 atom stereocenters. The maximum atomic E-state index is 12.6. The first kappa shape index (κ1) is 23.4. The highest BCUT2D eigenvalue weighted by Crippen LogP contribution is 2.38. The van der Waals surface area contributed by atoms with Crippen LogP contribution in [-0.4, -0.2) is 60.2 Å². The minimum atomic E-state index is -0.170. The fourth-order valence-electron chi connectivity index (χ4n) is 5.54. The monoisotopic (exact) mass is 479 g/mol. The maximum absolute atomic E-state index is 12.6. The van der Waals surface area contributed by atoms with Crippen LogP contribution in [0.3, 0.4) is 0 Å². The second kappa shape index (κ2) is 10.9. The zero-order chi connectivity index (χ0) is 23.3. The number of hydrogen-bond acceptors (Lipinski definition) is 4. The van der Waals surface area contributed by atoms with E-state index in [0.29, 0.717) is 19.7 Å². The molecule has 5 rings (SSSR count). The van der Waals surface area contributed by atoms with Crippen LogP contribution in [0, 0.1) is 0 Å². The Morgan fingerprint density at radius 3 is 2.59 bits per heavy atom. The lowest BCUT2D eigenvalue weighted by Gasteiger charge is -2.29. The smallest absolute Gasteiger partial charge is 0.409 e. The molecule has 2 aromatic rings. The number of fused-ring (bicyclic) bond motifs is 2. The van der Waals surface area contributed by atoms with Gasteiger partial charge in [-0.3, -0.25) is 4.98 Å². The quantitative estimate of drug-likeness (QED) is 0.512. The molecule has 1 amide bonds. The largest absolute Gasteiger partial charge is 0.449 e. The van der Waals surface area contributed by atoms with Gasteiger partial charge < -0.3 is 14.5 Å². The van der Waals surface area contributed by atoms with Crippen molar-refractivity contribution in [1.82, 2.24) is 14.8 Å². The molecular formula is C28H34ClN3O2. The zero-order valence-electron chi connectivity index (χ0n) is 19.9. The Labute approximate surface area is 207 Å². The molecule has 34 heavy (non-hydrogen) atoms. The van der Waals surface area contributed by atoms with Crippen LogP contribution < -0.4 is 0 Å². The minimum Gasteiger partial charge on any atom is -0.449 e. The first-order chi connectivity index (χ1) is 16.7. The van der Waals surface area contributed by atoms with E-state index in [4.69, 9.17) is 21.3 Å². The van der Waals surface area contributed by atoms with E-state index in [1.807, 2.05) is 23.2 Å². The van der Waals surface area contributed by atoms with Crippen LogP contribution in [0.2, 0.25) is 5.02 Å². The molecule has 0 spiro atoms. The number of nitrogens with zero attached hydrogens (tertiary/aromatic N) is 3. The highest BCUT2D eigenvalue weighted by Gasteiger charge is 2.27. The maximum Gasteiger partial charge on any atom is 0.409 e. The van der Waals surface area contributed by atoms with Crippen molar-refractivity contribution in [3.63, 3.8) is 0 Å². The molecule has 5 nitrogen and oxygen atoms in total. The fraction of sp³-hybridized carbons (Fsp3) is 0.500. The lowest BCUT2D eigenvalue weighted by molar-refractivity contribution is 0.0972. The van der Waals surface area contributed by atoms with E-state index in [-0.39, 0.29) is 6.09 Å². The molecule has 2 aliphatic heterocycles. The van der Waals surface area contributed by atoms with Gasteiger partial charge in [0, 0.05) is 29.9 Å². The number of amides is 1. The predicted molar refractivity (Wildman–Crippen MR) is 136 cm³/mol. The molecule has 2 saturated heterocycles. The van der Waals surface area contributed by atoms with E-state index in [1.165, 1.54) is 53.8 Å². The molecule has 3 aliphatic rings. The van der Waals surface area contributed by atoms with Crippen molar-refractivity contribution in [2.24, 2.45) is 0 Å². The first-order valence-corrected chi connectivity index (χ1v) is 13.2. The highest BCUT2D eigenvalue weighted by molar-refractivity contribution is 6.30. The third-order valence-electron chi connectivity index (χ3n) is 7.40. The summed E-state index contributed by atoms with van der Waals surface area (Å²) in [7, 11) is 0. The predicted octanol–water partition coefficient (Wildman–Crippen LogP) is 5.74. The van der Waals surface area contributed by atoms with Crippen LogP contribution in [0.15, 0.2) is 42.1 Å². The summed E-state index contributed by atoms with van der Waals surface area (Å²) in [5.41, 5.74) is 7.52. The number of halogens is 1. The van der Waals surface area contributed by atoms with Crippen LogP contribution in [-0.2, 0) is 17.6 Å². The summed E-state index contributed by atoms with van der Waals surface area (Å²) in [6.45, 7) is 5.47. The SMILES string of the molecule is O=C(OCCCCN1CCCC1)N1CCC(=C2c3ccc(Cl)cc3CCc3cccnc32)CC1. The van der Waals surface area contributed by atoms with Crippen LogP contribution in [0.4, 0.5) is 4.79 Å². The van der Waals surface area contributed by atoms with Gasteiger partial charge in [-0.1, -0.05) is 29.3 Å². The first-order valence-electron chi connectivity index (χ1n) is 12.8. The number of aryl methyl sites for hydroxylation is 2. The number of hydrogen-bond donors (Lipinski definition) is 0. The second-order valence-electron chi connectivity index (χ2n) is 9.65. The molecule has 3 heterocycles. The summed E-state index contributed by atoms with van der Waals surface area (Å²) in [5, 5.41) is 0.778. The normalized spacial score (nSPS) is 18.4. The number of carbonyl (C=O) groups is 1. The summed E-state index contributed by atoms with van der Waals surface area (Å²) < 4.78 is 5.60. The van der Waals surface area contributed by atoms with Gasteiger partial charge in [-0.2, -0.15) is 0 Å². The van der Waals surface area contributed by atoms with E-state index in [2.05, 4.69) is 23.1 Å². The summed E-state index contributed by atoms with van der Waals surface area (Å²) in [5.74, 6) is 0. The Morgan fingerprint density at radius 2 is 1.76 bits per heavy atom. The summed E-state index contributed by atoms with van der Waals surface area (Å²) in [6.07, 6.45) is 10.0. The van der Waals surface area contributed by atoms with Gasteiger partial charge in [-0.05, 0) is 106 Å². The third-order valence-corrected chi connectivity index (χ3v) is 7.64. The van der Waals surface area contributed by atoms with Gasteiger partial charge in [0.05, 0.1) is 12.3 Å².